The van der Waals surface area contributed by atoms with Gasteiger partial charge in [-0.05, 0) is 5.92 Å². The van der Waals surface area contributed by atoms with E-state index in [0.717, 1.165) is 0 Å². The van der Waals surface area contributed by atoms with Crippen molar-refractivity contribution in [3.63, 3.8) is 0 Å². The van der Waals surface area contributed by atoms with Gasteiger partial charge in [-0.1, -0.05) is 82.1 Å². The molecule has 0 atom stereocenters. The standard InChI is InChI=1S/2C14H23.Fe/c2*1-8(2)13-11(6)10(5)12(7)14(13)9(3)4;/h2*8-9H,1-7H3;/q-5;-1;. The molecular weight excluding hydrogens is 392 g/mol. The molecule has 2 rings (SSSR count). The zero-order chi connectivity index (χ0) is 22.1. The fourth-order valence-corrected chi connectivity index (χ4v) is 5.15. The Morgan fingerprint density at radius 2 is 0.931 bits per heavy atom. The fraction of sp³-hybridized carbons (Fsp3) is 0.643. The van der Waals surface area contributed by atoms with E-state index < -0.39 is 0 Å². The third-order valence-electron chi connectivity index (χ3n) is 6.76. The minimum absolute atomic E-state index is 0. The van der Waals surface area contributed by atoms with Crippen LogP contribution in [-0.2, 0) is 17.1 Å². The van der Waals surface area contributed by atoms with Crippen LogP contribution in [-0.4, -0.2) is 0 Å². The molecule has 0 nitrogen and oxygen atoms in total. The van der Waals surface area contributed by atoms with Crippen LogP contribution in [0.25, 0.3) is 0 Å². The molecular formula is C28H46Fe-6. The maximum absolute atomic E-state index is 2.30. The van der Waals surface area contributed by atoms with E-state index in [1.54, 1.807) is 22.3 Å². The minimum Gasteiger partial charge on any atom is -0.731 e. The van der Waals surface area contributed by atoms with E-state index in [-0.39, 0.29) is 17.1 Å². The molecule has 2 aromatic carbocycles. The molecule has 29 heavy (non-hydrogen) atoms. The fourth-order valence-electron chi connectivity index (χ4n) is 5.15. The van der Waals surface area contributed by atoms with Crippen molar-refractivity contribution < 1.29 is 17.1 Å². The Hall–Kier alpha value is -0.781. The van der Waals surface area contributed by atoms with Crippen LogP contribution in [0.4, 0.5) is 0 Å². The Kier molecular flexibility index (Phi) is 10.7. The van der Waals surface area contributed by atoms with Gasteiger partial charge in [-0.3, -0.25) is 0 Å². The average molecular weight is 439 g/mol. The van der Waals surface area contributed by atoms with Crippen LogP contribution in [0.2, 0.25) is 0 Å². The van der Waals surface area contributed by atoms with Gasteiger partial charge < -0.3 is 27.8 Å². The molecule has 0 aliphatic rings. The van der Waals surface area contributed by atoms with Gasteiger partial charge in [0, 0.05) is 17.1 Å². The Bertz CT molecular complexity index is 660. The molecule has 172 valence electrons. The summed E-state index contributed by atoms with van der Waals surface area (Å²) in [4.78, 5) is 0. The third-order valence-corrected chi connectivity index (χ3v) is 6.76. The molecule has 0 amide bonds. The quantitative estimate of drug-likeness (QED) is 0.330. The SMILES string of the molecule is C[c-]1[c-](C)[c-](C(C)C)[c-](C(C)C)[c-]1C.Cc1c(C)c(C(C)C)[c-](C(C)C)c1C.[Fe]. The molecule has 0 radical (unpaired) electrons. The summed E-state index contributed by atoms with van der Waals surface area (Å²) >= 11 is 0. The van der Waals surface area contributed by atoms with Crippen molar-refractivity contribution in [2.24, 2.45) is 0 Å². The summed E-state index contributed by atoms with van der Waals surface area (Å²) in [5.41, 5.74) is 15.4. The summed E-state index contributed by atoms with van der Waals surface area (Å²) in [6, 6.07) is 0. The van der Waals surface area contributed by atoms with Crippen LogP contribution in [0, 0.1) is 41.5 Å². The summed E-state index contributed by atoms with van der Waals surface area (Å²) in [6.07, 6.45) is 0. The maximum atomic E-state index is 2.30. The summed E-state index contributed by atoms with van der Waals surface area (Å²) in [7, 11) is 0. The van der Waals surface area contributed by atoms with Gasteiger partial charge in [-0.2, -0.15) is 22.3 Å². The van der Waals surface area contributed by atoms with Crippen LogP contribution in [0.3, 0.4) is 0 Å². The van der Waals surface area contributed by atoms with Crippen molar-refractivity contribution in [2.75, 3.05) is 0 Å². The van der Waals surface area contributed by atoms with E-state index in [2.05, 4.69) is 96.9 Å². The van der Waals surface area contributed by atoms with E-state index in [4.69, 9.17) is 0 Å². The van der Waals surface area contributed by atoms with E-state index in [1.807, 2.05) is 0 Å². The molecule has 0 N–H and O–H groups in total. The maximum Gasteiger partial charge on any atom is 0 e. The molecule has 0 aliphatic heterocycles. The Labute approximate surface area is 193 Å². The van der Waals surface area contributed by atoms with Gasteiger partial charge in [-0.25, -0.2) is 32.6 Å². The number of hydrogen-bond donors (Lipinski definition) is 0. The van der Waals surface area contributed by atoms with Gasteiger partial charge in [-0.15, -0.1) is 5.56 Å². The molecule has 0 spiro atoms. The second-order valence-electron chi connectivity index (χ2n) is 10.0. The molecule has 0 saturated carbocycles. The van der Waals surface area contributed by atoms with Crippen molar-refractivity contribution in [3.05, 3.63) is 55.6 Å². The van der Waals surface area contributed by atoms with Gasteiger partial charge in [0.05, 0.1) is 0 Å². The molecule has 0 unspecified atom stereocenters. The zero-order valence-corrected chi connectivity index (χ0v) is 22.8. The predicted octanol–water partition coefficient (Wildman–Crippen LogP) is 9.15. The Balaban J connectivity index is 0.000000523. The van der Waals surface area contributed by atoms with Gasteiger partial charge in [0.1, 0.15) is 0 Å². The molecule has 0 fully saturated rings. The number of hydrogen-bond acceptors (Lipinski definition) is 0. The van der Waals surface area contributed by atoms with Gasteiger partial charge in [0.15, 0.2) is 0 Å². The van der Waals surface area contributed by atoms with E-state index in [1.165, 1.54) is 33.4 Å². The van der Waals surface area contributed by atoms with Crippen molar-refractivity contribution in [3.8, 4) is 0 Å². The zero-order valence-electron chi connectivity index (χ0n) is 21.7. The first kappa shape index (κ1) is 28.2. The van der Waals surface area contributed by atoms with Crippen LogP contribution >= 0.6 is 0 Å². The second-order valence-corrected chi connectivity index (χ2v) is 10.0. The van der Waals surface area contributed by atoms with Crippen LogP contribution in [0.1, 0.15) is 135 Å². The number of rotatable bonds is 4. The van der Waals surface area contributed by atoms with Crippen LogP contribution in [0.15, 0.2) is 0 Å². The average Bonchev–Trinajstić information content (AvgIpc) is 2.95. The van der Waals surface area contributed by atoms with E-state index in [9.17, 15) is 0 Å². The Morgan fingerprint density at radius 3 is 1.17 bits per heavy atom. The topological polar surface area (TPSA) is 0 Å². The molecule has 2 aromatic rings. The van der Waals surface area contributed by atoms with Crippen molar-refractivity contribution in [1.29, 1.82) is 0 Å². The second kappa shape index (κ2) is 11.0. The minimum atomic E-state index is 0. The summed E-state index contributed by atoms with van der Waals surface area (Å²) < 4.78 is 0. The van der Waals surface area contributed by atoms with E-state index >= 15 is 0 Å². The van der Waals surface area contributed by atoms with Crippen LogP contribution < -0.4 is 0 Å². The normalized spacial score (nSPS) is 11.4. The molecule has 0 aliphatic carbocycles. The first-order chi connectivity index (χ1) is 12.7. The van der Waals surface area contributed by atoms with Gasteiger partial charge >= 0.3 is 0 Å². The van der Waals surface area contributed by atoms with Gasteiger partial charge in [0.25, 0.3) is 0 Å². The molecule has 0 aromatic heterocycles. The van der Waals surface area contributed by atoms with Crippen molar-refractivity contribution >= 4 is 0 Å². The predicted molar refractivity (Wildman–Crippen MR) is 129 cm³/mol. The summed E-state index contributed by atoms with van der Waals surface area (Å²) in [5, 5.41) is 0. The molecule has 0 saturated heterocycles. The Morgan fingerprint density at radius 1 is 0.552 bits per heavy atom. The largest absolute Gasteiger partial charge is 0.731 e. The smallest absolute Gasteiger partial charge is 0 e. The molecule has 0 heterocycles. The monoisotopic (exact) mass is 438 g/mol. The van der Waals surface area contributed by atoms with Crippen LogP contribution in [0.5, 0.6) is 0 Å². The van der Waals surface area contributed by atoms with E-state index in [0.29, 0.717) is 23.7 Å². The first-order valence-electron chi connectivity index (χ1n) is 11.3. The summed E-state index contributed by atoms with van der Waals surface area (Å²) in [5.74, 6) is 2.61. The third kappa shape index (κ3) is 5.68. The van der Waals surface area contributed by atoms with Gasteiger partial charge in [0.2, 0.25) is 0 Å². The molecule has 1 heteroatoms. The van der Waals surface area contributed by atoms with Crippen molar-refractivity contribution in [1.82, 2.24) is 0 Å². The van der Waals surface area contributed by atoms with Crippen molar-refractivity contribution in [2.45, 2.75) is 121 Å². The molecule has 0 bridgehead atoms. The summed E-state index contributed by atoms with van der Waals surface area (Å²) in [6.45, 7) is 32.0. The first-order valence-corrected chi connectivity index (χ1v) is 11.3.